The Balaban J connectivity index is 1.87. The molecule has 0 fully saturated rings. The Morgan fingerprint density at radius 1 is 1.04 bits per heavy atom. The first-order chi connectivity index (χ1) is 12.5. The van der Waals surface area contributed by atoms with Gasteiger partial charge in [-0.2, -0.15) is 0 Å². The number of hydrogen-bond donors (Lipinski definition) is 0. The lowest BCUT2D eigenvalue weighted by atomic mass is 9.77. The number of ketones is 1. The molecule has 0 spiro atoms. The van der Waals surface area contributed by atoms with Crippen LogP contribution in [0, 0.1) is 0 Å². The molecule has 0 saturated heterocycles. The van der Waals surface area contributed by atoms with Crippen molar-refractivity contribution in [3.63, 3.8) is 0 Å². The molecule has 1 atom stereocenters. The number of Topliss-reactive ketones (excluding diaryl/α,β-unsaturated/α-hetero) is 1. The standard InChI is InChI=1S/C21H17BrClNO2/c22-14-5-1-4-13(10-14)17-12-20(26)24(16-7-2-6-15(23)11-16)18-8-3-9-19(25)21(17)18/h1-2,4-7,10-11,17H,3,8-9,12H2. The summed E-state index contributed by atoms with van der Waals surface area (Å²) in [6.45, 7) is 0. The largest absolute Gasteiger partial charge is 0.294 e. The van der Waals surface area contributed by atoms with Crippen LogP contribution in [0.4, 0.5) is 5.69 Å². The molecule has 1 aliphatic heterocycles. The van der Waals surface area contributed by atoms with Crippen molar-refractivity contribution in [2.24, 2.45) is 0 Å². The second-order valence-corrected chi connectivity index (χ2v) is 8.01. The SMILES string of the molecule is O=C1CCCC2=C1C(c1cccc(Br)c1)CC(=O)N2c1cccc(Cl)c1. The minimum Gasteiger partial charge on any atom is -0.294 e. The predicted octanol–water partition coefficient (Wildman–Crippen LogP) is 5.63. The molecule has 1 unspecified atom stereocenters. The second kappa shape index (κ2) is 7.01. The van der Waals surface area contributed by atoms with Gasteiger partial charge in [0.15, 0.2) is 5.78 Å². The van der Waals surface area contributed by atoms with E-state index in [4.69, 9.17) is 11.6 Å². The highest BCUT2D eigenvalue weighted by atomic mass is 79.9. The highest BCUT2D eigenvalue weighted by Gasteiger charge is 2.39. The fraction of sp³-hybridized carbons (Fsp3) is 0.238. The van der Waals surface area contributed by atoms with E-state index in [2.05, 4.69) is 15.9 Å². The van der Waals surface area contributed by atoms with Gasteiger partial charge in [-0.15, -0.1) is 0 Å². The van der Waals surface area contributed by atoms with Gasteiger partial charge >= 0.3 is 0 Å². The van der Waals surface area contributed by atoms with Crippen molar-refractivity contribution in [1.82, 2.24) is 0 Å². The van der Waals surface area contributed by atoms with Gasteiger partial charge in [0.1, 0.15) is 0 Å². The summed E-state index contributed by atoms with van der Waals surface area (Å²) < 4.78 is 0.949. The number of halogens is 2. The quantitative estimate of drug-likeness (QED) is 0.619. The fourth-order valence-corrected chi connectivity index (χ4v) is 4.52. The molecule has 2 aromatic rings. The Labute approximate surface area is 165 Å². The average molecular weight is 431 g/mol. The lowest BCUT2D eigenvalue weighted by molar-refractivity contribution is -0.119. The summed E-state index contributed by atoms with van der Waals surface area (Å²) in [5.41, 5.74) is 3.36. The zero-order chi connectivity index (χ0) is 18.3. The number of carbonyl (C=O) groups excluding carboxylic acids is 2. The van der Waals surface area contributed by atoms with Gasteiger partial charge in [-0.3, -0.25) is 14.5 Å². The first-order valence-electron chi connectivity index (χ1n) is 8.65. The zero-order valence-electron chi connectivity index (χ0n) is 14.0. The summed E-state index contributed by atoms with van der Waals surface area (Å²) in [6.07, 6.45) is 2.32. The molecule has 1 amide bonds. The van der Waals surface area contributed by atoms with Gasteiger partial charge in [-0.1, -0.05) is 45.7 Å². The number of nitrogens with zero attached hydrogens (tertiary/aromatic N) is 1. The van der Waals surface area contributed by atoms with E-state index < -0.39 is 0 Å². The maximum Gasteiger partial charge on any atom is 0.232 e. The molecule has 4 rings (SSSR count). The summed E-state index contributed by atoms with van der Waals surface area (Å²) in [5.74, 6) is -0.0281. The lowest BCUT2D eigenvalue weighted by Gasteiger charge is -2.38. The van der Waals surface area contributed by atoms with E-state index in [9.17, 15) is 9.59 Å². The lowest BCUT2D eigenvalue weighted by Crippen LogP contribution is -2.40. The third kappa shape index (κ3) is 3.12. The van der Waals surface area contributed by atoms with E-state index in [1.54, 1.807) is 17.0 Å². The zero-order valence-corrected chi connectivity index (χ0v) is 16.4. The molecule has 1 heterocycles. The van der Waals surface area contributed by atoms with Crippen molar-refractivity contribution in [2.45, 2.75) is 31.6 Å². The normalized spacial score (nSPS) is 20.4. The summed E-state index contributed by atoms with van der Waals surface area (Å²) in [5, 5.41) is 0.577. The summed E-state index contributed by atoms with van der Waals surface area (Å²) in [4.78, 5) is 27.6. The van der Waals surface area contributed by atoms with E-state index in [0.29, 0.717) is 11.4 Å². The molecule has 2 aliphatic rings. The van der Waals surface area contributed by atoms with Gasteiger partial charge in [0.2, 0.25) is 5.91 Å². The van der Waals surface area contributed by atoms with Crippen LogP contribution in [0.2, 0.25) is 5.02 Å². The van der Waals surface area contributed by atoms with Gasteiger partial charge < -0.3 is 0 Å². The minimum absolute atomic E-state index is 0.00527. The summed E-state index contributed by atoms with van der Waals surface area (Å²) >= 11 is 9.62. The summed E-state index contributed by atoms with van der Waals surface area (Å²) in [6, 6.07) is 15.1. The minimum atomic E-state index is -0.182. The number of amides is 1. The van der Waals surface area contributed by atoms with E-state index >= 15 is 0 Å². The number of anilines is 1. The molecule has 0 radical (unpaired) electrons. The first-order valence-corrected chi connectivity index (χ1v) is 9.82. The van der Waals surface area contributed by atoms with Crippen molar-refractivity contribution in [3.05, 3.63) is 74.9 Å². The molecular weight excluding hydrogens is 414 g/mol. The molecule has 26 heavy (non-hydrogen) atoms. The molecule has 3 nitrogen and oxygen atoms in total. The molecule has 132 valence electrons. The number of benzene rings is 2. The van der Waals surface area contributed by atoms with Crippen LogP contribution in [0.25, 0.3) is 0 Å². The smallest absolute Gasteiger partial charge is 0.232 e. The maximum absolute atomic E-state index is 13.1. The van der Waals surface area contributed by atoms with Crippen LogP contribution in [0.1, 0.15) is 37.2 Å². The van der Waals surface area contributed by atoms with Crippen LogP contribution in [-0.4, -0.2) is 11.7 Å². The Morgan fingerprint density at radius 2 is 1.85 bits per heavy atom. The third-order valence-corrected chi connectivity index (χ3v) is 5.72. The number of allylic oxidation sites excluding steroid dienone is 2. The van der Waals surface area contributed by atoms with Crippen LogP contribution in [0.3, 0.4) is 0 Å². The highest BCUT2D eigenvalue weighted by molar-refractivity contribution is 9.10. The van der Waals surface area contributed by atoms with Crippen molar-refractivity contribution in [3.8, 4) is 0 Å². The topological polar surface area (TPSA) is 37.4 Å². The number of hydrogen-bond acceptors (Lipinski definition) is 2. The van der Waals surface area contributed by atoms with Gasteiger partial charge in [0.25, 0.3) is 0 Å². The van der Waals surface area contributed by atoms with Crippen molar-refractivity contribution < 1.29 is 9.59 Å². The molecule has 0 bridgehead atoms. The number of carbonyl (C=O) groups is 2. The highest BCUT2D eigenvalue weighted by Crippen LogP contribution is 2.43. The molecule has 1 aliphatic carbocycles. The van der Waals surface area contributed by atoms with Crippen molar-refractivity contribution in [1.29, 1.82) is 0 Å². The van der Waals surface area contributed by atoms with E-state index in [-0.39, 0.29) is 24.0 Å². The summed E-state index contributed by atoms with van der Waals surface area (Å²) in [7, 11) is 0. The van der Waals surface area contributed by atoms with E-state index in [0.717, 1.165) is 39.8 Å². The Hall–Kier alpha value is -1.91. The van der Waals surface area contributed by atoms with E-state index in [1.165, 1.54) is 0 Å². The van der Waals surface area contributed by atoms with Crippen LogP contribution in [0.5, 0.6) is 0 Å². The van der Waals surface area contributed by atoms with Crippen LogP contribution < -0.4 is 4.90 Å². The van der Waals surface area contributed by atoms with E-state index in [1.807, 2.05) is 36.4 Å². The predicted molar refractivity (Wildman–Crippen MR) is 106 cm³/mol. The Kier molecular flexibility index (Phi) is 4.72. The Bertz CT molecular complexity index is 937. The van der Waals surface area contributed by atoms with Gasteiger partial charge in [0, 0.05) is 39.5 Å². The third-order valence-electron chi connectivity index (χ3n) is 4.99. The molecular formula is C21H17BrClNO2. The van der Waals surface area contributed by atoms with Crippen LogP contribution in [-0.2, 0) is 9.59 Å². The van der Waals surface area contributed by atoms with Gasteiger partial charge in [0.05, 0.1) is 5.69 Å². The average Bonchev–Trinajstić information content (AvgIpc) is 2.61. The molecule has 0 saturated carbocycles. The molecule has 5 heteroatoms. The van der Waals surface area contributed by atoms with Gasteiger partial charge in [-0.05, 0) is 48.7 Å². The second-order valence-electron chi connectivity index (χ2n) is 6.66. The molecule has 2 aromatic carbocycles. The molecule has 0 aromatic heterocycles. The fourth-order valence-electron chi connectivity index (χ4n) is 3.92. The van der Waals surface area contributed by atoms with Crippen LogP contribution in [0.15, 0.2) is 64.3 Å². The van der Waals surface area contributed by atoms with Gasteiger partial charge in [-0.25, -0.2) is 0 Å². The van der Waals surface area contributed by atoms with Crippen molar-refractivity contribution >= 4 is 44.9 Å². The maximum atomic E-state index is 13.1. The van der Waals surface area contributed by atoms with Crippen LogP contribution >= 0.6 is 27.5 Å². The number of rotatable bonds is 2. The first kappa shape index (κ1) is 17.5. The molecule has 0 N–H and O–H groups in total. The van der Waals surface area contributed by atoms with Crippen molar-refractivity contribution in [2.75, 3.05) is 4.90 Å². The monoisotopic (exact) mass is 429 g/mol. The Morgan fingerprint density at radius 3 is 2.62 bits per heavy atom.